The number of halogens is 2. The van der Waals surface area contributed by atoms with Gasteiger partial charge in [0.1, 0.15) is 28.6 Å². The van der Waals surface area contributed by atoms with Gasteiger partial charge in [0.15, 0.2) is 5.76 Å². The molecular weight excluding hydrogens is 442 g/mol. The molecule has 2 amide bonds. The average molecular weight is 462 g/mol. The zero-order valence-corrected chi connectivity index (χ0v) is 18.2. The summed E-state index contributed by atoms with van der Waals surface area (Å²) in [6.07, 6.45) is 1.50. The van der Waals surface area contributed by atoms with E-state index in [1.54, 1.807) is 37.3 Å². The Hall–Kier alpha value is -4.27. The number of benzene rings is 2. The molecule has 1 atom stereocenters. The van der Waals surface area contributed by atoms with Crippen LogP contribution in [0.3, 0.4) is 0 Å². The van der Waals surface area contributed by atoms with Crippen molar-refractivity contribution in [1.29, 1.82) is 0 Å². The number of hydrogen-bond donors (Lipinski definition) is 1. The Morgan fingerprint density at radius 2 is 1.88 bits per heavy atom. The lowest BCUT2D eigenvalue weighted by Crippen LogP contribution is -2.64. The third kappa shape index (κ3) is 3.75. The molecule has 1 N–H and O–H groups in total. The average Bonchev–Trinajstić information content (AvgIpc) is 3.49. The van der Waals surface area contributed by atoms with Crippen molar-refractivity contribution in [2.45, 2.75) is 25.6 Å². The van der Waals surface area contributed by atoms with Crippen molar-refractivity contribution >= 4 is 17.5 Å². The maximum Gasteiger partial charge on any atom is 0.277 e. The van der Waals surface area contributed by atoms with Gasteiger partial charge in [0.25, 0.3) is 5.91 Å². The van der Waals surface area contributed by atoms with Gasteiger partial charge in [-0.05, 0) is 61.0 Å². The largest absolute Gasteiger partial charge is 0.463 e. The molecule has 4 aromatic rings. The van der Waals surface area contributed by atoms with Gasteiger partial charge in [-0.3, -0.25) is 19.2 Å². The van der Waals surface area contributed by atoms with Gasteiger partial charge in [0.05, 0.1) is 12.8 Å². The molecule has 0 bridgehead atoms. The second-order valence-corrected chi connectivity index (χ2v) is 8.25. The van der Waals surface area contributed by atoms with Crippen LogP contribution in [0.4, 0.5) is 14.5 Å². The molecule has 172 valence electrons. The van der Waals surface area contributed by atoms with Crippen LogP contribution in [0.1, 0.15) is 23.0 Å². The minimum absolute atomic E-state index is 0.0428. The van der Waals surface area contributed by atoms with Crippen LogP contribution in [0.25, 0.3) is 11.5 Å². The molecule has 7 nitrogen and oxygen atoms in total. The summed E-state index contributed by atoms with van der Waals surface area (Å²) in [5, 5.41) is 7.28. The molecular formula is C25H20F2N4O3. The summed E-state index contributed by atoms with van der Waals surface area (Å²) < 4.78 is 34.0. The van der Waals surface area contributed by atoms with Crippen LogP contribution in [0.5, 0.6) is 0 Å². The maximum atomic E-state index is 13.6. The lowest BCUT2D eigenvalue weighted by atomic mass is 9.93. The van der Waals surface area contributed by atoms with Gasteiger partial charge in [0.2, 0.25) is 5.91 Å². The number of furan rings is 1. The van der Waals surface area contributed by atoms with Crippen molar-refractivity contribution in [2.24, 2.45) is 0 Å². The number of nitrogens with zero attached hydrogens (tertiary/aromatic N) is 3. The Labute approximate surface area is 193 Å². The highest BCUT2D eigenvalue weighted by Gasteiger charge is 2.49. The highest BCUT2D eigenvalue weighted by Crippen LogP contribution is 2.34. The van der Waals surface area contributed by atoms with Gasteiger partial charge in [-0.2, -0.15) is 5.10 Å². The van der Waals surface area contributed by atoms with Gasteiger partial charge in [0, 0.05) is 18.3 Å². The second-order valence-electron chi connectivity index (χ2n) is 8.25. The van der Waals surface area contributed by atoms with Crippen molar-refractivity contribution < 1.29 is 22.8 Å². The van der Waals surface area contributed by atoms with Crippen molar-refractivity contribution in [3.8, 4) is 11.5 Å². The number of carbonyl (C=O) groups is 2. The predicted octanol–water partition coefficient (Wildman–Crippen LogP) is 4.16. The van der Waals surface area contributed by atoms with Gasteiger partial charge >= 0.3 is 0 Å². The summed E-state index contributed by atoms with van der Waals surface area (Å²) >= 11 is 0. The molecule has 5 rings (SSSR count). The minimum Gasteiger partial charge on any atom is -0.463 e. The van der Waals surface area contributed by atoms with E-state index in [0.29, 0.717) is 22.7 Å². The van der Waals surface area contributed by atoms with Crippen LogP contribution < -0.4 is 10.2 Å². The first-order valence-corrected chi connectivity index (χ1v) is 10.6. The van der Waals surface area contributed by atoms with Gasteiger partial charge in [-0.1, -0.05) is 12.1 Å². The van der Waals surface area contributed by atoms with E-state index in [1.807, 2.05) is 0 Å². The van der Waals surface area contributed by atoms with E-state index in [2.05, 4.69) is 10.4 Å². The Balaban J connectivity index is 1.53. The molecule has 0 aliphatic carbocycles. The van der Waals surface area contributed by atoms with Crippen LogP contribution in [-0.4, -0.2) is 27.1 Å². The molecule has 1 aliphatic rings. The number of fused-ring (bicyclic) bond motifs is 1. The quantitative estimate of drug-likeness (QED) is 0.483. The molecule has 9 heteroatoms. The molecule has 3 heterocycles. The summed E-state index contributed by atoms with van der Waals surface area (Å²) in [6, 6.07) is 16.3. The molecule has 0 saturated carbocycles. The van der Waals surface area contributed by atoms with E-state index in [9.17, 15) is 18.4 Å². The maximum absolute atomic E-state index is 13.6. The third-order valence-corrected chi connectivity index (χ3v) is 5.84. The normalized spacial score (nSPS) is 17.5. The molecule has 34 heavy (non-hydrogen) atoms. The topological polar surface area (TPSA) is 80.4 Å². The van der Waals surface area contributed by atoms with Crippen molar-refractivity contribution in [1.82, 2.24) is 15.1 Å². The Bertz CT molecular complexity index is 1370. The second kappa shape index (κ2) is 8.26. The predicted molar refractivity (Wildman–Crippen MR) is 120 cm³/mol. The minimum atomic E-state index is -1.40. The molecule has 0 spiro atoms. The fourth-order valence-electron chi connectivity index (χ4n) is 4.14. The Morgan fingerprint density at radius 1 is 1.09 bits per heavy atom. The van der Waals surface area contributed by atoms with E-state index in [0.717, 1.165) is 0 Å². The van der Waals surface area contributed by atoms with Gasteiger partial charge in [-0.25, -0.2) is 8.78 Å². The number of nitrogens with one attached hydrogen (secondary N) is 1. The monoisotopic (exact) mass is 462 g/mol. The van der Waals surface area contributed by atoms with E-state index >= 15 is 0 Å². The fourth-order valence-corrected chi connectivity index (χ4v) is 4.14. The van der Waals surface area contributed by atoms with Crippen LogP contribution >= 0.6 is 0 Å². The summed E-state index contributed by atoms with van der Waals surface area (Å²) in [5.74, 6) is -1.32. The highest BCUT2D eigenvalue weighted by molar-refractivity contribution is 6.12. The van der Waals surface area contributed by atoms with Crippen molar-refractivity contribution in [3.05, 3.63) is 95.9 Å². The summed E-state index contributed by atoms with van der Waals surface area (Å²) in [5.41, 5.74) is 0.263. The first-order chi connectivity index (χ1) is 16.3. The summed E-state index contributed by atoms with van der Waals surface area (Å²) in [4.78, 5) is 28.5. The molecule has 0 radical (unpaired) electrons. The number of anilines is 1. The lowest BCUT2D eigenvalue weighted by molar-refractivity contribution is -0.126. The summed E-state index contributed by atoms with van der Waals surface area (Å²) in [6.45, 7) is 1.73. The molecule has 2 aromatic heterocycles. The van der Waals surface area contributed by atoms with Gasteiger partial charge < -0.3 is 9.73 Å². The SMILES string of the molecule is CC1(C(=O)NCc2cccc(F)c2)Cn2nc(-c3ccco3)cc2C(=O)N1c1ccc(F)cc1. The molecule has 1 aliphatic heterocycles. The van der Waals surface area contributed by atoms with E-state index < -0.39 is 29.0 Å². The van der Waals surface area contributed by atoms with Crippen molar-refractivity contribution in [2.75, 3.05) is 4.90 Å². The van der Waals surface area contributed by atoms with Crippen molar-refractivity contribution in [3.63, 3.8) is 0 Å². The smallest absolute Gasteiger partial charge is 0.277 e. The number of carbonyl (C=O) groups excluding carboxylic acids is 2. The van der Waals surface area contributed by atoms with E-state index in [-0.39, 0.29) is 18.8 Å². The van der Waals surface area contributed by atoms with Gasteiger partial charge in [-0.15, -0.1) is 0 Å². The molecule has 0 fully saturated rings. The number of amides is 2. The number of rotatable bonds is 5. The zero-order valence-electron chi connectivity index (χ0n) is 18.2. The third-order valence-electron chi connectivity index (χ3n) is 5.84. The first kappa shape index (κ1) is 21.6. The highest BCUT2D eigenvalue weighted by atomic mass is 19.1. The van der Waals surface area contributed by atoms with Crippen LogP contribution in [0.15, 0.2) is 77.4 Å². The fraction of sp³-hybridized carbons (Fsp3) is 0.160. The standard InChI is InChI=1S/C25H20F2N4O3/c1-25(24(33)28-14-16-4-2-5-18(27)12-16)15-30-21(13-20(29-30)22-6-3-11-34-22)23(32)31(25)19-9-7-17(26)8-10-19/h2-13H,14-15H2,1H3,(H,28,33). The molecule has 2 aromatic carbocycles. The van der Waals surface area contributed by atoms with E-state index in [1.165, 1.54) is 52.2 Å². The van der Waals surface area contributed by atoms with Crippen LogP contribution in [-0.2, 0) is 17.9 Å². The Kier molecular flexibility index (Phi) is 5.24. The molecule has 0 saturated heterocycles. The Morgan fingerprint density at radius 3 is 2.59 bits per heavy atom. The van der Waals surface area contributed by atoms with Crippen LogP contribution in [0, 0.1) is 11.6 Å². The van der Waals surface area contributed by atoms with Crippen LogP contribution in [0.2, 0.25) is 0 Å². The summed E-state index contributed by atoms with van der Waals surface area (Å²) in [7, 11) is 0. The first-order valence-electron chi connectivity index (χ1n) is 10.6. The molecule has 1 unspecified atom stereocenters. The zero-order chi connectivity index (χ0) is 23.9. The lowest BCUT2D eigenvalue weighted by Gasteiger charge is -2.43. The number of hydrogen-bond acceptors (Lipinski definition) is 4. The number of aromatic nitrogens is 2. The van der Waals surface area contributed by atoms with E-state index in [4.69, 9.17) is 4.42 Å².